The molecule has 0 fully saturated rings. The van der Waals surface area contributed by atoms with Gasteiger partial charge >= 0.3 is 0 Å². The van der Waals surface area contributed by atoms with Gasteiger partial charge in [-0.2, -0.15) is 0 Å². The van der Waals surface area contributed by atoms with Crippen molar-refractivity contribution in [2.75, 3.05) is 24.3 Å². The number of hydrogen-bond acceptors (Lipinski definition) is 4. The van der Waals surface area contributed by atoms with E-state index in [2.05, 4.69) is 11.4 Å². The lowest BCUT2D eigenvalue weighted by Crippen LogP contribution is -2.30. The van der Waals surface area contributed by atoms with Crippen molar-refractivity contribution in [3.63, 3.8) is 0 Å². The quantitative estimate of drug-likeness (QED) is 0.566. The number of carbonyl (C=O) groups is 2. The van der Waals surface area contributed by atoms with Crippen molar-refractivity contribution in [3.05, 3.63) is 89.5 Å². The Morgan fingerprint density at radius 2 is 1.84 bits per heavy atom. The molecule has 3 aromatic carbocycles. The zero-order chi connectivity index (χ0) is 21.6. The molecule has 0 aromatic heterocycles. The normalized spacial score (nSPS) is 12.4. The van der Waals surface area contributed by atoms with Crippen LogP contribution in [0.25, 0.3) is 0 Å². The second kappa shape index (κ2) is 9.71. The molecule has 6 heteroatoms. The molecular formula is C25H24N2O3S. The minimum atomic E-state index is -0.162. The number of hydrogen-bond donors (Lipinski definition) is 1. The summed E-state index contributed by atoms with van der Waals surface area (Å²) in [5.41, 5.74) is 3.74. The first kappa shape index (κ1) is 21.0. The van der Waals surface area contributed by atoms with Crippen LogP contribution in [0.4, 0.5) is 5.69 Å². The van der Waals surface area contributed by atoms with E-state index in [0.29, 0.717) is 18.7 Å². The van der Waals surface area contributed by atoms with Gasteiger partial charge in [0.2, 0.25) is 5.91 Å². The monoisotopic (exact) mass is 432 g/mol. The van der Waals surface area contributed by atoms with Crippen LogP contribution in [0.15, 0.2) is 77.7 Å². The minimum absolute atomic E-state index is 0.0570. The Labute approximate surface area is 186 Å². The Morgan fingerprint density at radius 3 is 2.71 bits per heavy atom. The summed E-state index contributed by atoms with van der Waals surface area (Å²) in [4.78, 5) is 28.3. The van der Waals surface area contributed by atoms with Gasteiger partial charge in [0.1, 0.15) is 5.75 Å². The summed E-state index contributed by atoms with van der Waals surface area (Å²) < 4.78 is 5.23. The van der Waals surface area contributed by atoms with E-state index in [-0.39, 0.29) is 17.6 Å². The molecule has 4 rings (SSSR count). The smallest absolute Gasteiger partial charge is 0.252 e. The van der Waals surface area contributed by atoms with Crippen molar-refractivity contribution < 1.29 is 14.3 Å². The number of nitrogens with zero attached hydrogens (tertiary/aromatic N) is 1. The van der Waals surface area contributed by atoms with E-state index in [9.17, 15) is 9.59 Å². The number of fused-ring (bicyclic) bond motifs is 1. The fourth-order valence-electron chi connectivity index (χ4n) is 3.65. The third-order valence-electron chi connectivity index (χ3n) is 5.26. The SMILES string of the molecule is COc1cccc(CNC(=O)c2ccccc2SCC(=O)N2CCc3ccccc32)c1. The largest absolute Gasteiger partial charge is 0.497 e. The van der Waals surface area contributed by atoms with Crippen molar-refractivity contribution in [1.82, 2.24) is 5.32 Å². The molecule has 1 aliphatic heterocycles. The van der Waals surface area contributed by atoms with Crippen molar-refractivity contribution in [1.29, 1.82) is 0 Å². The third-order valence-corrected chi connectivity index (χ3v) is 6.32. The second-order valence-corrected chi connectivity index (χ2v) is 8.26. The molecule has 1 N–H and O–H groups in total. The average molecular weight is 433 g/mol. The Bertz CT molecular complexity index is 1100. The zero-order valence-corrected chi connectivity index (χ0v) is 18.2. The fraction of sp³-hybridized carbons (Fsp3) is 0.200. The number of carbonyl (C=O) groups excluding carboxylic acids is 2. The van der Waals surface area contributed by atoms with Crippen LogP contribution in [0.1, 0.15) is 21.5 Å². The Morgan fingerprint density at radius 1 is 1.03 bits per heavy atom. The van der Waals surface area contributed by atoms with Crippen LogP contribution in [0, 0.1) is 0 Å². The molecule has 0 saturated heterocycles. The molecule has 5 nitrogen and oxygen atoms in total. The van der Waals surface area contributed by atoms with Crippen molar-refractivity contribution in [2.24, 2.45) is 0 Å². The lowest BCUT2D eigenvalue weighted by Gasteiger charge is -2.17. The molecule has 0 radical (unpaired) electrons. The topological polar surface area (TPSA) is 58.6 Å². The highest BCUT2D eigenvalue weighted by Gasteiger charge is 2.24. The standard InChI is InChI=1S/C25H24N2O3S/c1-30-20-9-6-7-18(15-20)16-26-25(29)21-10-3-5-12-23(21)31-17-24(28)27-14-13-19-8-2-4-11-22(19)27/h2-12,15H,13-14,16-17H2,1H3,(H,26,29). The van der Waals surface area contributed by atoms with Crippen LogP contribution in [0.2, 0.25) is 0 Å². The lowest BCUT2D eigenvalue weighted by atomic mass is 10.2. The number of rotatable bonds is 7. The predicted octanol–water partition coefficient (Wildman–Crippen LogP) is 4.31. The van der Waals surface area contributed by atoms with Crippen LogP contribution in [0.3, 0.4) is 0 Å². The van der Waals surface area contributed by atoms with E-state index in [1.807, 2.05) is 65.6 Å². The van der Waals surface area contributed by atoms with Gasteiger partial charge in [0.05, 0.1) is 18.4 Å². The number of nitrogens with one attached hydrogen (secondary N) is 1. The van der Waals surface area contributed by atoms with Crippen molar-refractivity contribution in [2.45, 2.75) is 17.9 Å². The van der Waals surface area contributed by atoms with Gasteiger partial charge in [-0.05, 0) is 47.9 Å². The predicted molar refractivity (Wildman–Crippen MR) is 124 cm³/mol. The van der Waals surface area contributed by atoms with Gasteiger partial charge in [-0.3, -0.25) is 9.59 Å². The molecule has 0 bridgehead atoms. The summed E-state index contributed by atoms with van der Waals surface area (Å²) >= 11 is 1.40. The maximum absolute atomic E-state index is 12.8. The van der Waals surface area contributed by atoms with Gasteiger partial charge in [-0.25, -0.2) is 0 Å². The molecule has 3 aromatic rings. The van der Waals surface area contributed by atoms with E-state index in [1.54, 1.807) is 13.2 Å². The fourth-order valence-corrected chi connectivity index (χ4v) is 4.58. The van der Waals surface area contributed by atoms with Gasteiger partial charge in [-0.1, -0.05) is 42.5 Å². The van der Waals surface area contributed by atoms with E-state index in [4.69, 9.17) is 4.74 Å². The molecule has 1 aliphatic rings. The number of methoxy groups -OCH3 is 1. The van der Waals surface area contributed by atoms with Gasteiger partial charge < -0.3 is 15.0 Å². The summed E-state index contributed by atoms with van der Waals surface area (Å²) in [6.45, 7) is 1.11. The highest BCUT2D eigenvalue weighted by atomic mass is 32.2. The van der Waals surface area contributed by atoms with Gasteiger partial charge in [-0.15, -0.1) is 11.8 Å². The highest BCUT2D eigenvalue weighted by Crippen LogP contribution is 2.29. The number of benzene rings is 3. The van der Waals surface area contributed by atoms with Crippen LogP contribution < -0.4 is 15.0 Å². The maximum atomic E-state index is 12.8. The van der Waals surface area contributed by atoms with Crippen LogP contribution >= 0.6 is 11.8 Å². The maximum Gasteiger partial charge on any atom is 0.252 e. The van der Waals surface area contributed by atoms with Crippen LogP contribution in [-0.2, 0) is 17.8 Å². The van der Waals surface area contributed by atoms with E-state index < -0.39 is 0 Å². The van der Waals surface area contributed by atoms with Crippen molar-refractivity contribution in [3.8, 4) is 5.75 Å². The number of para-hydroxylation sites is 1. The number of thioether (sulfide) groups is 1. The molecule has 0 spiro atoms. The first-order valence-corrected chi connectivity index (χ1v) is 11.2. The van der Waals surface area contributed by atoms with Gasteiger partial charge in [0.25, 0.3) is 5.91 Å². The number of anilines is 1. The van der Waals surface area contributed by atoms with E-state index in [1.165, 1.54) is 17.3 Å². The Hall–Kier alpha value is -3.25. The zero-order valence-electron chi connectivity index (χ0n) is 17.3. The number of amides is 2. The average Bonchev–Trinajstić information content (AvgIpc) is 3.25. The molecule has 31 heavy (non-hydrogen) atoms. The molecule has 0 unspecified atom stereocenters. The third kappa shape index (κ3) is 4.91. The summed E-state index contributed by atoms with van der Waals surface area (Å²) in [6.07, 6.45) is 0.885. The molecule has 0 saturated carbocycles. The summed E-state index contributed by atoms with van der Waals surface area (Å²) in [5, 5.41) is 2.96. The van der Waals surface area contributed by atoms with E-state index in [0.717, 1.165) is 28.3 Å². The molecule has 2 amide bonds. The van der Waals surface area contributed by atoms with E-state index >= 15 is 0 Å². The lowest BCUT2D eigenvalue weighted by molar-refractivity contribution is -0.116. The van der Waals surface area contributed by atoms with Crippen LogP contribution in [0.5, 0.6) is 5.75 Å². The molecule has 0 aliphatic carbocycles. The first-order chi connectivity index (χ1) is 15.2. The Balaban J connectivity index is 1.39. The summed E-state index contributed by atoms with van der Waals surface area (Å²) in [6, 6.07) is 23.0. The molecule has 158 valence electrons. The van der Waals surface area contributed by atoms with Gasteiger partial charge in [0.15, 0.2) is 0 Å². The molecule has 0 atom stereocenters. The second-order valence-electron chi connectivity index (χ2n) is 7.24. The first-order valence-electron chi connectivity index (χ1n) is 10.2. The minimum Gasteiger partial charge on any atom is -0.497 e. The summed E-state index contributed by atoms with van der Waals surface area (Å²) in [7, 11) is 1.62. The Kier molecular flexibility index (Phi) is 6.57. The van der Waals surface area contributed by atoms with Crippen LogP contribution in [-0.4, -0.2) is 31.2 Å². The molecular weight excluding hydrogens is 408 g/mol. The van der Waals surface area contributed by atoms with Crippen molar-refractivity contribution >= 4 is 29.3 Å². The highest BCUT2D eigenvalue weighted by molar-refractivity contribution is 8.00. The molecule has 1 heterocycles. The summed E-state index contributed by atoms with van der Waals surface area (Å²) in [5.74, 6) is 0.935. The number of ether oxygens (including phenoxy) is 1. The van der Waals surface area contributed by atoms with Gasteiger partial charge in [0, 0.05) is 23.7 Å².